The zero-order valence-corrected chi connectivity index (χ0v) is 11.9. The summed E-state index contributed by atoms with van der Waals surface area (Å²) in [6.07, 6.45) is 5.97. The lowest BCUT2D eigenvalue weighted by molar-refractivity contribution is -0.116. The summed E-state index contributed by atoms with van der Waals surface area (Å²) in [4.78, 5) is 23.4. The summed E-state index contributed by atoms with van der Waals surface area (Å²) in [6, 6.07) is 6.81. The van der Waals surface area contributed by atoms with E-state index in [2.05, 4.69) is 17.7 Å². The van der Waals surface area contributed by atoms with Gasteiger partial charge in [0.1, 0.15) is 0 Å². The van der Waals surface area contributed by atoms with Crippen LogP contribution in [0.3, 0.4) is 0 Å². The van der Waals surface area contributed by atoms with E-state index in [-0.39, 0.29) is 5.91 Å². The molecule has 0 saturated carbocycles. The number of amides is 2. The molecule has 20 heavy (non-hydrogen) atoms. The highest BCUT2D eigenvalue weighted by Crippen LogP contribution is 2.15. The molecule has 0 unspecified atom stereocenters. The predicted molar refractivity (Wildman–Crippen MR) is 80.1 cm³/mol. The van der Waals surface area contributed by atoms with Crippen LogP contribution in [-0.2, 0) is 4.79 Å². The Hall–Kier alpha value is -1.88. The maximum atomic E-state index is 11.8. The summed E-state index contributed by atoms with van der Waals surface area (Å²) >= 11 is 0. The molecule has 0 fully saturated rings. The van der Waals surface area contributed by atoms with Crippen molar-refractivity contribution in [1.82, 2.24) is 5.43 Å². The Balaban J connectivity index is 2.47. The molecule has 0 radical (unpaired) electrons. The number of nitrogen functional groups attached to an aromatic ring is 1. The van der Waals surface area contributed by atoms with Crippen LogP contribution in [0.4, 0.5) is 5.69 Å². The molecular weight excluding hydrogens is 254 g/mol. The molecule has 0 aliphatic carbocycles. The Labute approximate surface area is 119 Å². The molecule has 0 aromatic heterocycles. The largest absolute Gasteiger partial charge is 0.325 e. The number of hydrogen-bond acceptors (Lipinski definition) is 3. The number of nitrogens with one attached hydrogen (secondary N) is 2. The molecule has 0 aliphatic rings. The third kappa shape index (κ3) is 5.40. The molecular formula is C15H23N3O2. The van der Waals surface area contributed by atoms with E-state index in [4.69, 9.17) is 5.84 Å². The number of benzene rings is 1. The van der Waals surface area contributed by atoms with Gasteiger partial charge in [-0.15, -0.1) is 0 Å². The van der Waals surface area contributed by atoms with Crippen molar-refractivity contribution >= 4 is 17.5 Å². The first kappa shape index (κ1) is 16.2. The first-order valence-corrected chi connectivity index (χ1v) is 7.08. The number of hydrazine groups is 1. The van der Waals surface area contributed by atoms with E-state index in [1.807, 2.05) is 0 Å². The topological polar surface area (TPSA) is 84.2 Å². The summed E-state index contributed by atoms with van der Waals surface area (Å²) in [6.45, 7) is 2.16. The van der Waals surface area contributed by atoms with Crippen LogP contribution in [0.1, 0.15) is 55.8 Å². The fourth-order valence-corrected chi connectivity index (χ4v) is 1.97. The first-order chi connectivity index (χ1) is 9.69. The van der Waals surface area contributed by atoms with E-state index < -0.39 is 5.91 Å². The number of nitrogens with two attached hydrogens (primary N) is 1. The number of unbranched alkanes of at least 4 members (excludes halogenated alkanes) is 4. The minimum atomic E-state index is -0.413. The smallest absolute Gasteiger partial charge is 0.267 e. The maximum Gasteiger partial charge on any atom is 0.267 e. The van der Waals surface area contributed by atoms with Crippen molar-refractivity contribution in [2.24, 2.45) is 5.84 Å². The third-order valence-corrected chi connectivity index (χ3v) is 3.08. The van der Waals surface area contributed by atoms with Gasteiger partial charge in [-0.05, 0) is 18.6 Å². The van der Waals surface area contributed by atoms with Crippen molar-refractivity contribution < 1.29 is 9.59 Å². The molecule has 1 rings (SSSR count). The van der Waals surface area contributed by atoms with Crippen molar-refractivity contribution in [3.8, 4) is 0 Å². The number of carbonyl (C=O) groups is 2. The van der Waals surface area contributed by atoms with E-state index in [0.717, 1.165) is 19.3 Å². The van der Waals surface area contributed by atoms with Gasteiger partial charge in [0.15, 0.2) is 0 Å². The van der Waals surface area contributed by atoms with Crippen molar-refractivity contribution in [1.29, 1.82) is 0 Å². The van der Waals surface area contributed by atoms with E-state index in [9.17, 15) is 9.59 Å². The van der Waals surface area contributed by atoms with Gasteiger partial charge in [0.2, 0.25) is 5.91 Å². The maximum absolute atomic E-state index is 11.8. The molecule has 5 nitrogen and oxygen atoms in total. The molecule has 0 heterocycles. The normalized spacial score (nSPS) is 10.1. The predicted octanol–water partition coefficient (Wildman–Crippen LogP) is 2.59. The average Bonchev–Trinajstić information content (AvgIpc) is 2.47. The van der Waals surface area contributed by atoms with E-state index >= 15 is 0 Å². The van der Waals surface area contributed by atoms with Gasteiger partial charge in [0.25, 0.3) is 5.91 Å². The second kappa shape index (κ2) is 9.09. The molecule has 4 N–H and O–H groups in total. The highest BCUT2D eigenvalue weighted by Gasteiger charge is 2.11. The van der Waals surface area contributed by atoms with Crippen LogP contribution in [0.15, 0.2) is 24.3 Å². The van der Waals surface area contributed by atoms with Gasteiger partial charge in [0, 0.05) is 6.42 Å². The average molecular weight is 277 g/mol. The zero-order valence-electron chi connectivity index (χ0n) is 11.9. The van der Waals surface area contributed by atoms with Gasteiger partial charge in [0.05, 0.1) is 11.3 Å². The van der Waals surface area contributed by atoms with Crippen LogP contribution in [0.25, 0.3) is 0 Å². The Kier molecular flexibility index (Phi) is 7.35. The molecule has 2 amide bonds. The Morgan fingerprint density at radius 3 is 2.50 bits per heavy atom. The highest BCUT2D eigenvalue weighted by atomic mass is 16.2. The summed E-state index contributed by atoms with van der Waals surface area (Å²) in [5.74, 6) is 4.63. The quantitative estimate of drug-likeness (QED) is 0.295. The van der Waals surface area contributed by atoms with Gasteiger partial charge in [-0.2, -0.15) is 0 Å². The second-order valence-electron chi connectivity index (χ2n) is 4.73. The van der Waals surface area contributed by atoms with Crippen LogP contribution >= 0.6 is 0 Å². The zero-order chi connectivity index (χ0) is 14.8. The van der Waals surface area contributed by atoms with Gasteiger partial charge in [-0.1, -0.05) is 44.7 Å². The summed E-state index contributed by atoms with van der Waals surface area (Å²) in [5, 5.41) is 2.76. The molecule has 0 saturated heterocycles. The van der Waals surface area contributed by atoms with Crippen LogP contribution in [0, 0.1) is 0 Å². The van der Waals surface area contributed by atoms with Crippen LogP contribution in [0.5, 0.6) is 0 Å². The van der Waals surface area contributed by atoms with Crippen LogP contribution in [-0.4, -0.2) is 11.8 Å². The lowest BCUT2D eigenvalue weighted by atomic mass is 10.1. The SMILES string of the molecule is CCCCCCCC(=O)Nc1ccccc1C(=O)NN. The van der Waals surface area contributed by atoms with Crippen molar-refractivity contribution in [2.75, 3.05) is 5.32 Å². The molecule has 1 aromatic carbocycles. The summed E-state index contributed by atoms with van der Waals surface area (Å²) < 4.78 is 0. The van der Waals surface area contributed by atoms with Gasteiger partial charge < -0.3 is 5.32 Å². The van der Waals surface area contributed by atoms with Crippen LogP contribution in [0.2, 0.25) is 0 Å². The number of hydrogen-bond donors (Lipinski definition) is 3. The fourth-order valence-electron chi connectivity index (χ4n) is 1.97. The van der Waals surface area contributed by atoms with E-state index in [0.29, 0.717) is 17.7 Å². The summed E-state index contributed by atoms with van der Waals surface area (Å²) in [5.41, 5.74) is 2.94. The number of para-hydroxylation sites is 1. The van der Waals surface area contributed by atoms with Crippen molar-refractivity contribution in [3.63, 3.8) is 0 Å². The fraction of sp³-hybridized carbons (Fsp3) is 0.467. The molecule has 0 spiro atoms. The second-order valence-corrected chi connectivity index (χ2v) is 4.73. The molecule has 0 atom stereocenters. The van der Waals surface area contributed by atoms with Crippen molar-refractivity contribution in [2.45, 2.75) is 45.4 Å². The van der Waals surface area contributed by atoms with Gasteiger partial charge in [-0.25, -0.2) is 5.84 Å². The molecule has 5 heteroatoms. The Morgan fingerprint density at radius 2 is 1.80 bits per heavy atom. The molecule has 0 bridgehead atoms. The Bertz CT molecular complexity index is 446. The van der Waals surface area contributed by atoms with Crippen LogP contribution < -0.4 is 16.6 Å². The number of carbonyl (C=O) groups excluding carboxylic acids is 2. The summed E-state index contributed by atoms with van der Waals surface area (Å²) in [7, 11) is 0. The minimum Gasteiger partial charge on any atom is -0.325 e. The Morgan fingerprint density at radius 1 is 1.10 bits per heavy atom. The third-order valence-electron chi connectivity index (χ3n) is 3.08. The molecule has 1 aromatic rings. The first-order valence-electron chi connectivity index (χ1n) is 7.08. The van der Waals surface area contributed by atoms with E-state index in [1.165, 1.54) is 12.8 Å². The number of anilines is 1. The number of rotatable bonds is 8. The molecule has 110 valence electrons. The monoisotopic (exact) mass is 277 g/mol. The van der Waals surface area contributed by atoms with Gasteiger partial charge in [-0.3, -0.25) is 15.0 Å². The molecule has 0 aliphatic heterocycles. The minimum absolute atomic E-state index is 0.0706. The standard InChI is InChI=1S/C15H23N3O2/c1-2-3-4-5-6-11-14(19)17-13-10-8-7-9-12(13)15(20)18-16/h7-10H,2-6,11,16H2,1H3,(H,17,19)(H,18,20). The van der Waals surface area contributed by atoms with Gasteiger partial charge >= 0.3 is 0 Å². The lowest BCUT2D eigenvalue weighted by Gasteiger charge is -2.09. The van der Waals surface area contributed by atoms with Crippen molar-refractivity contribution in [3.05, 3.63) is 29.8 Å². The highest BCUT2D eigenvalue weighted by molar-refractivity contribution is 6.03. The van der Waals surface area contributed by atoms with E-state index in [1.54, 1.807) is 24.3 Å². The lowest BCUT2D eigenvalue weighted by Crippen LogP contribution is -2.31.